The van der Waals surface area contributed by atoms with Gasteiger partial charge in [0.25, 0.3) is 0 Å². The summed E-state index contributed by atoms with van der Waals surface area (Å²) in [5.74, 6) is -0.331. The van der Waals surface area contributed by atoms with Crippen LogP contribution in [0, 0.1) is 19.7 Å². The van der Waals surface area contributed by atoms with E-state index in [1.165, 1.54) is 28.8 Å². The molecule has 1 nitrogen and oxygen atoms in total. The predicted octanol–water partition coefficient (Wildman–Crippen LogP) is 5.27. The first-order chi connectivity index (χ1) is 8.95. The monoisotopic (exact) mass is 277 g/mol. The van der Waals surface area contributed by atoms with Crippen molar-refractivity contribution < 1.29 is 4.39 Å². The van der Waals surface area contributed by atoms with Crippen molar-refractivity contribution in [1.29, 1.82) is 0 Å². The number of nitrogens with one attached hydrogen (secondary N) is 1. The fraction of sp³-hybridized carbons (Fsp3) is 0.250. The zero-order chi connectivity index (χ0) is 14.0. The second kappa shape index (κ2) is 5.62. The van der Waals surface area contributed by atoms with Crippen LogP contribution in [0.2, 0.25) is 5.02 Å². The lowest BCUT2D eigenvalue weighted by Crippen LogP contribution is -2.07. The van der Waals surface area contributed by atoms with Crippen LogP contribution in [0.4, 0.5) is 10.1 Å². The number of hydrogen-bond donors (Lipinski definition) is 1. The number of rotatable bonds is 3. The Labute approximate surface area is 118 Å². The van der Waals surface area contributed by atoms with Crippen LogP contribution < -0.4 is 5.32 Å². The molecule has 3 heteroatoms. The summed E-state index contributed by atoms with van der Waals surface area (Å²) in [6.07, 6.45) is 0. The van der Waals surface area contributed by atoms with E-state index in [4.69, 9.17) is 11.6 Å². The lowest BCUT2D eigenvalue weighted by atomic mass is 10.0. The fourth-order valence-electron chi connectivity index (χ4n) is 2.00. The molecule has 100 valence electrons. The van der Waals surface area contributed by atoms with Gasteiger partial charge in [-0.1, -0.05) is 29.8 Å². The van der Waals surface area contributed by atoms with Crippen LogP contribution in [0.3, 0.4) is 0 Å². The quantitative estimate of drug-likeness (QED) is 0.806. The fourth-order valence-corrected chi connectivity index (χ4v) is 2.23. The minimum atomic E-state index is -0.331. The van der Waals surface area contributed by atoms with Gasteiger partial charge in [0.2, 0.25) is 0 Å². The van der Waals surface area contributed by atoms with E-state index in [1.54, 1.807) is 6.07 Å². The summed E-state index contributed by atoms with van der Waals surface area (Å²) in [4.78, 5) is 0. The summed E-state index contributed by atoms with van der Waals surface area (Å²) in [5, 5.41) is 3.66. The standard InChI is InChI=1S/C16H17ClFN/c1-10-4-5-13(6-11(10)2)12(3)19-16-8-14(17)7-15(18)9-16/h4-9,12,19H,1-3H3. The molecule has 0 bridgehead atoms. The maximum absolute atomic E-state index is 13.3. The highest BCUT2D eigenvalue weighted by Gasteiger charge is 2.07. The van der Waals surface area contributed by atoms with Crippen molar-refractivity contribution in [1.82, 2.24) is 0 Å². The average molecular weight is 278 g/mol. The molecule has 2 aromatic carbocycles. The molecule has 0 heterocycles. The smallest absolute Gasteiger partial charge is 0.126 e. The molecular weight excluding hydrogens is 261 g/mol. The van der Waals surface area contributed by atoms with Gasteiger partial charge in [-0.3, -0.25) is 0 Å². The Balaban J connectivity index is 2.20. The molecule has 1 N–H and O–H groups in total. The summed E-state index contributed by atoms with van der Waals surface area (Å²) in [6.45, 7) is 6.22. The molecule has 0 aromatic heterocycles. The van der Waals surface area contributed by atoms with Crippen molar-refractivity contribution in [3.05, 3.63) is 63.9 Å². The first-order valence-electron chi connectivity index (χ1n) is 6.25. The van der Waals surface area contributed by atoms with Gasteiger partial charge < -0.3 is 5.32 Å². The average Bonchev–Trinajstić information content (AvgIpc) is 2.31. The highest BCUT2D eigenvalue weighted by atomic mass is 35.5. The third kappa shape index (κ3) is 3.48. The van der Waals surface area contributed by atoms with Crippen molar-refractivity contribution in [2.75, 3.05) is 5.32 Å². The van der Waals surface area contributed by atoms with Crippen LogP contribution in [0.15, 0.2) is 36.4 Å². The lowest BCUT2D eigenvalue weighted by molar-refractivity contribution is 0.628. The van der Waals surface area contributed by atoms with Gasteiger partial charge in [0.15, 0.2) is 0 Å². The van der Waals surface area contributed by atoms with Crippen LogP contribution in [-0.2, 0) is 0 Å². The summed E-state index contributed by atoms with van der Waals surface area (Å²) in [7, 11) is 0. The van der Waals surface area contributed by atoms with Gasteiger partial charge in [0.05, 0.1) is 0 Å². The van der Waals surface area contributed by atoms with E-state index in [2.05, 4.69) is 37.4 Å². The predicted molar refractivity (Wildman–Crippen MR) is 79.4 cm³/mol. The van der Waals surface area contributed by atoms with Gasteiger partial charge >= 0.3 is 0 Å². The summed E-state index contributed by atoms with van der Waals surface area (Å²) < 4.78 is 13.3. The molecular formula is C16H17ClFN. The van der Waals surface area contributed by atoms with E-state index in [0.717, 1.165) is 0 Å². The van der Waals surface area contributed by atoms with Crippen LogP contribution in [-0.4, -0.2) is 0 Å². The van der Waals surface area contributed by atoms with E-state index in [9.17, 15) is 4.39 Å². The Morgan fingerprint density at radius 2 is 1.79 bits per heavy atom. The third-order valence-corrected chi connectivity index (χ3v) is 3.49. The number of aryl methyl sites for hydroxylation is 2. The maximum atomic E-state index is 13.3. The van der Waals surface area contributed by atoms with Gasteiger partial charge in [-0.2, -0.15) is 0 Å². The molecule has 0 saturated heterocycles. The highest BCUT2D eigenvalue weighted by Crippen LogP contribution is 2.24. The van der Waals surface area contributed by atoms with Gasteiger partial charge in [-0.25, -0.2) is 4.39 Å². The minimum Gasteiger partial charge on any atom is -0.378 e. The van der Waals surface area contributed by atoms with Crippen molar-refractivity contribution in [2.45, 2.75) is 26.8 Å². The first kappa shape index (κ1) is 13.9. The Morgan fingerprint density at radius 1 is 1.05 bits per heavy atom. The van der Waals surface area contributed by atoms with Crippen molar-refractivity contribution in [2.24, 2.45) is 0 Å². The third-order valence-electron chi connectivity index (χ3n) is 3.28. The van der Waals surface area contributed by atoms with Crippen LogP contribution in [0.25, 0.3) is 0 Å². The largest absolute Gasteiger partial charge is 0.378 e. The van der Waals surface area contributed by atoms with Crippen LogP contribution in [0.5, 0.6) is 0 Å². The Bertz CT molecular complexity index is 575. The zero-order valence-corrected chi connectivity index (χ0v) is 12.1. The molecule has 0 fully saturated rings. The summed E-state index contributed by atoms with van der Waals surface area (Å²) in [5.41, 5.74) is 4.38. The van der Waals surface area contributed by atoms with Crippen molar-refractivity contribution in [3.63, 3.8) is 0 Å². The summed E-state index contributed by atoms with van der Waals surface area (Å²) >= 11 is 5.85. The van der Waals surface area contributed by atoms with Crippen molar-refractivity contribution in [3.8, 4) is 0 Å². The molecule has 0 aliphatic heterocycles. The molecule has 0 aliphatic rings. The molecule has 1 atom stereocenters. The number of hydrogen-bond acceptors (Lipinski definition) is 1. The Morgan fingerprint density at radius 3 is 2.42 bits per heavy atom. The molecule has 0 amide bonds. The van der Waals surface area contributed by atoms with Gasteiger partial charge in [0, 0.05) is 16.8 Å². The molecule has 0 radical (unpaired) electrons. The van der Waals surface area contributed by atoms with Gasteiger partial charge in [-0.05, 0) is 55.7 Å². The molecule has 0 spiro atoms. The van der Waals surface area contributed by atoms with Crippen LogP contribution in [0.1, 0.15) is 29.7 Å². The van der Waals surface area contributed by atoms with E-state index < -0.39 is 0 Å². The Kier molecular flexibility index (Phi) is 4.11. The topological polar surface area (TPSA) is 12.0 Å². The van der Waals surface area contributed by atoms with E-state index >= 15 is 0 Å². The van der Waals surface area contributed by atoms with Crippen molar-refractivity contribution >= 4 is 17.3 Å². The second-order valence-corrected chi connectivity index (χ2v) is 5.30. The Hall–Kier alpha value is -1.54. The van der Waals surface area contributed by atoms with Crippen LogP contribution >= 0.6 is 11.6 Å². The molecule has 2 aromatic rings. The first-order valence-corrected chi connectivity index (χ1v) is 6.63. The maximum Gasteiger partial charge on any atom is 0.126 e. The molecule has 2 rings (SSSR count). The second-order valence-electron chi connectivity index (χ2n) is 4.87. The van der Waals surface area contributed by atoms with Gasteiger partial charge in [0.1, 0.15) is 5.82 Å². The SMILES string of the molecule is Cc1ccc(C(C)Nc2cc(F)cc(Cl)c2)cc1C. The zero-order valence-electron chi connectivity index (χ0n) is 11.3. The number of halogens is 2. The molecule has 19 heavy (non-hydrogen) atoms. The van der Waals surface area contributed by atoms with E-state index in [-0.39, 0.29) is 11.9 Å². The van der Waals surface area contributed by atoms with E-state index in [1.807, 2.05) is 6.92 Å². The number of anilines is 1. The molecule has 0 aliphatic carbocycles. The van der Waals surface area contributed by atoms with Gasteiger partial charge in [-0.15, -0.1) is 0 Å². The normalized spacial score (nSPS) is 12.3. The summed E-state index contributed by atoms with van der Waals surface area (Å²) in [6, 6.07) is 10.9. The van der Waals surface area contributed by atoms with E-state index in [0.29, 0.717) is 10.7 Å². The number of benzene rings is 2. The molecule has 1 unspecified atom stereocenters. The lowest BCUT2D eigenvalue weighted by Gasteiger charge is -2.17. The minimum absolute atomic E-state index is 0.0946. The molecule has 0 saturated carbocycles. The highest BCUT2D eigenvalue weighted by molar-refractivity contribution is 6.30.